The molecule has 42 valence electrons. The lowest BCUT2D eigenvalue weighted by molar-refractivity contribution is 1.18. The Bertz CT molecular complexity index is 150. The third-order valence-electron chi connectivity index (χ3n) is 0.935. The molecule has 1 aromatic heterocycles. The zero-order valence-corrected chi connectivity index (χ0v) is 5.70. The number of rotatable bonds is 1. The summed E-state index contributed by atoms with van der Waals surface area (Å²) in [7, 11) is 2.63. The summed E-state index contributed by atoms with van der Waals surface area (Å²) in [5, 5.41) is 0. The van der Waals surface area contributed by atoms with E-state index in [1.54, 1.807) is 6.20 Å². The van der Waals surface area contributed by atoms with E-state index in [-0.39, 0.29) is 0 Å². The Labute approximate surface area is 51.3 Å². The predicted octanol–water partition coefficient (Wildman–Crippen LogP) is 1.46. The summed E-state index contributed by atoms with van der Waals surface area (Å²) < 4.78 is 0. The van der Waals surface area contributed by atoms with E-state index in [1.807, 2.05) is 18.2 Å². The molecule has 0 bridgehead atoms. The summed E-state index contributed by atoms with van der Waals surface area (Å²) in [5.74, 6) is 0. The normalized spacial score (nSPS) is 9.12. The largest absolute Gasteiger partial charge is 0.261 e. The standard InChI is InChI=1S/C6H8NP/c8-5-6-3-1-2-4-7-6/h1-4H,5,8H2. The second kappa shape index (κ2) is 2.78. The van der Waals surface area contributed by atoms with Crippen molar-refractivity contribution in [3.05, 3.63) is 30.1 Å². The van der Waals surface area contributed by atoms with Crippen molar-refractivity contribution in [2.24, 2.45) is 0 Å². The third-order valence-corrected chi connectivity index (χ3v) is 1.35. The number of hydrogen-bond donors (Lipinski definition) is 0. The van der Waals surface area contributed by atoms with Gasteiger partial charge in [-0.15, -0.1) is 9.24 Å². The van der Waals surface area contributed by atoms with Gasteiger partial charge in [-0.05, 0) is 12.1 Å². The van der Waals surface area contributed by atoms with E-state index in [9.17, 15) is 0 Å². The molecule has 0 N–H and O–H groups in total. The van der Waals surface area contributed by atoms with E-state index < -0.39 is 0 Å². The Hall–Kier alpha value is -0.420. The number of nitrogens with zero attached hydrogens (tertiary/aromatic N) is 1. The highest BCUT2D eigenvalue weighted by Gasteiger charge is 1.81. The molecule has 0 aliphatic heterocycles. The Morgan fingerprint density at radius 1 is 1.50 bits per heavy atom. The van der Waals surface area contributed by atoms with Crippen molar-refractivity contribution >= 4 is 9.24 Å². The Morgan fingerprint density at radius 3 is 2.75 bits per heavy atom. The predicted molar refractivity (Wildman–Crippen MR) is 37.7 cm³/mol. The highest BCUT2D eigenvalue weighted by Crippen LogP contribution is 1.98. The molecular weight excluding hydrogens is 117 g/mol. The van der Waals surface area contributed by atoms with Gasteiger partial charge in [0.25, 0.3) is 0 Å². The molecule has 0 saturated heterocycles. The lowest BCUT2D eigenvalue weighted by Crippen LogP contribution is -1.78. The van der Waals surface area contributed by atoms with Gasteiger partial charge in [0.15, 0.2) is 0 Å². The van der Waals surface area contributed by atoms with Crippen molar-refractivity contribution < 1.29 is 0 Å². The fourth-order valence-corrected chi connectivity index (χ4v) is 0.760. The molecule has 0 aliphatic rings. The smallest absolute Gasteiger partial charge is 0.0441 e. The van der Waals surface area contributed by atoms with Crippen LogP contribution in [0, 0.1) is 0 Å². The van der Waals surface area contributed by atoms with Gasteiger partial charge in [0, 0.05) is 18.1 Å². The van der Waals surface area contributed by atoms with Crippen molar-refractivity contribution in [1.82, 2.24) is 4.98 Å². The topological polar surface area (TPSA) is 12.9 Å². The van der Waals surface area contributed by atoms with E-state index in [0.29, 0.717) is 0 Å². The summed E-state index contributed by atoms with van der Waals surface area (Å²) >= 11 is 0. The second-order valence-corrected chi connectivity index (χ2v) is 1.93. The highest BCUT2D eigenvalue weighted by molar-refractivity contribution is 7.15. The van der Waals surface area contributed by atoms with Crippen LogP contribution in [0.15, 0.2) is 24.4 Å². The first-order chi connectivity index (χ1) is 3.93. The van der Waals surface area contributed by atoms with Gasteiger partial charge in [0.2, 0.25) is 0 Å². The van der Waals surface area contributed by atoms with Crippen LogP contribution >= 0.6 is 9.24 Å². The maximum absolute atomic E-state index is 4.08. The number of aromatic nitrogens is 1. The molecule has 8 heavy (non-hydrogen) atoms. The average molecular weight is 125 g/mol. The van der Waals surface area contributed by atoms with E-state index >= 15 is 0 Å². The first-order valence-corrected chi connectivity index (χ1v) is 3.35. The SMILES string of the molecule is PCc1ccccn1. The summed E-state index contributed by atoms with van der Waals surface area (Å²) in [6.45, 7) is 0. The van der Waals surface area contributed by atoms with Crippen LogP contribution in [-0.2, 0) is 6.16 Å². The average Bonchev–Trinajstić information content (AvgIpc) is 1.90. The second-order valence-electron chi connectivity index (χ2n) is 1.53. The molecule has 0 radical (unpaired) electrons. The van der Waals surface area contributed by atoms with Crippen LogP contribution in [-0.4, -0.2) is 4.98 Å². The first kappa shape index (κ1) is 5.71. The van der Waals surface area contributed by atoms with Gasteiger partial charge in [0.05, 0.1) is 0 Å². The van der Waals surface area contributed by atoms with E-state index in [1.165, 1.54) is 0 Å². The minimum atomic E-state index is 0.945. The molecule has 0 amide bonds. The van der Waals surface area contributed by atoms with Gasteiger partial charge in [-0.2, -0.15) is 0 Å². The molecule has 1 unspecified atom stereocenters. The quantitative estimate of drug-likeness (QED) is 0.518. The van der Waals surface area contributed by atoms with Crippen molar-refractivity contribution in [3.63, 3.8) is 0 Å². The molecule has 1 aromatic rings. The van der Waals surface area contributed by atoms with Crippen LogP contribution in [0.1, 0.15) is 5.69 Å². The summed E-state index contributed by atoms with van der Waals surface area (Å²) in [6.07, 6.45) is 2.75. The first-order valence-electron chi connectivity index (χ1n) is 2.53. The van der Waals surface area contributed by atoms with Gasteiger partial charge in [-0.25, -0.2) is 0 Å². The molecule has 0 aromatic carbocycles. The van der Waals surface area contributed by atoms with Crippen LogP contribution in [0.25, 0.3) is 0 Å². The number of pyridine rings is 1. The minimum Gasteiger partial charge on any atom is -0.261 e. The maximum atomic E-state index is 4.08. The fraction of sp³-hybridized carbons (Fsp3) is 0.167. The highest BCUT2D eigenvalue weighted by atomic mass is 31.0. The molecule has 1 atom stereocenters. The molecule has 0 saturated carbocycles. The molecule has 1 heterocycles. The van der Waals surface area contributed by atoms with Gasteiger partial charge in [0.1, 0.15) is 0 Å². The molecule has 0 aliphatic carbocycles. The van der Waals surface area contributed by atoms with Crippen LogP contribution in [0.4, 0.5) is 0 Å². The molecule has 0 fully saturated rings. The molecule has 1 rings (SSSR count). The zero-order valence-electron chi connectivity index (χ0n) is 4.54. The van der Waals surface area contributed by atoms with E-state index in [0.717, 1.165) is 11.9 Å². The van der Waals surface area contributed by atoms with Crippen molar-refractivity contribution in [2.75, 3.05) is 0 Å². The van der Waals surface area contributed by atoms with Crippen LogP contribution < -0.4 is 0 Å². The molecular formula is C6H8NP. The minimum absolute atomic E-state index is 0.945. The fourth-order valence-electron chi connectivity index (χ4n) is 0.519. The van der Waals surface area contributed by atoms with Crippen LogP contribution in [0.2, 0.25) is 0 Å². The van der Waals surface area contributed by atoms with Crippen molar-refractivity contribution in [1.29, 1.82) is 0 Å². The van der Waals surface area contributed by atoms with Crippen LogP contribution in [0.5, 0.6) is 0 Å². The molecule has 0 spiro atoms. The lowest BCUT2D eigenvalue weighted by atomic mass is 10.4. The van der Waals surface area contributed by atoms with Crippen molar-refractivity contribution in [2.45, 2.75) is 6.16 Å². The maximum Gasteiger partial charge on any atom is 0.0441 e. The zero-order chi connectivity index (χ0) is 5.82. The van der Waals surface area contributed by atoms with Gasteiger partial charge in [-0.1, -0.05) is 6.07 Å². The molecule has 2 heteroatoms. The van der Waals surface area contributed by atoms with E-state index in [4.69, 9.17) is 0 Å². The molecule has 1 nitrogen and oxygen atoms in total. The van der Waals surface area contributed by atoms with Gasteiger partial charge >= 0.3 is 0 Å². The monoisotopic (exact) mass is 125 g/mol. The Kier molecular flexibility index (Phi) is 1.99. The van der Waals surface area contributed by atoms with Crippen molar-refractivity contribution in [3.8, 4) is 0 Å². The van der Waals surface area contributed by atoms with E-state index in [2.05, 4.69) is 14.2 Å². The summed E-state index contributed by atoms with van der Waals surface area (Å²) in [5.41, 5.74) is 1.12. The summed E-state index contributed by atoms with van der Waals surface area (Å²) in [6, 6.07) is 5.92. The van der Waals surface area contributed by atoms with Gasteiger partial charge in [-0.3, -0.25) is 4.98 Å². The Balaban J connectivity index is 2.83. The summed E-state index contributed by atoms with van der Waals surface area (Å²) in [4.78, 5) is 4.08. The lowest BCUT2D eigenvalue weighted by Gasteiger charge is -1.88. The Morgan fingerprint density at radius 2 is 2.38 bits per heavy atom. The van der Waals surface area contributed by atoms with Crippen LogP contribution in [0.3, 0.4) is 0 Å². The third kappa shape index (κ3) is 1.28. The van der Waals surface area contributed by atoms with Gasteiger partial charge < -0.3 is 0 Å². The number of hydrogen-bond acceptors (Lipinski definition) is 1.